The zero-order valence-electron chi connectivity index (χ0n) is 9.32. The maximum Gasteiger partial charge on any atom is 0 e. The van der Waals surface area contributed by atoms with Crippen molar-refractivity contribution in [3.63, 3.8) is 0 Å². The van der Waals surface area contributed by atoms with Crippen molar-refractivity contribution in [1.29, 1.82) is 0 Å². The summed E-state index contributed by atoms with van der Waals surface area (Å²) in [5.74, 6) is 0.463. The molecular formula is C13H20VW-4. The minimum absolute atomic E-state index is 0. The zero-order chi connectivity index (χ0) is 10.7. The van der Waals surface area contributed by atoms with Crippen LogP contribution in [0, 0.1) is 33.6 Å². The third-order valence-corrected chi connectivity index (χ3v) is 1.41. The van der Waals surface area contributed by atoms with E-state index in [0.717, 1.165) is 18.4 Å². The Kier molecular flexibility index (Phi) is 32.5. The second-order valence-corrected chi connectivity index (χ2v) is 2.62. The largest absolute Gasteiger partial charge is 0.346 e. The van der Waals surface area contributed by atoms with E-state index in [1.807, 2.05) is 0 Å². The topological polar surface area (TPSA) is 0 Å². The molecule has 0 aromatic heterocycles. The molecule has 87 valence electrons. The summed E-state index contributed by atoms with van der Waals surface area (Å²) >= 11 is 0. The molecule has 0 saturated carbocycles. The maximum absolute atomic E-state index is 3.75. The Bertz CT molecular complexity index is 158. The number of hydrogen-bond donors (Lipinski definition) is 0. The van der Waals surface area contributed by atoms with Gasteiger partial charge in [0.1, 0.15) is 0 Å². The first kappa shape index (κ1) is 24.5. The first-order valence-corrected chi connectivity index (χ1v) is 4.31. The van der Waals surface area contributed by atoms with Gasteiger partial charge in [0, 0.05) is 39.6 Å². The molecule has 0 N–H and O–H groups in total. The van der Waals surface area contributed by atoms with Crippen molar-refractivity contribution in [2.75, 3.05) is 0 Å². The Hall–Kier alpha value is 0.363. The van der Waals surface area contributed by atoms with Gasteiger partial charge in [-0.3, -0.25) is 0 Å². The van der Waals surface area contributed by atoms with Gasteiger partial charge < -0.3 is 20.8 Å². The molecule has 0 aromatic carbocycles. The van der Waals surface area contributed by atoms with Crippen molar-refractivity contribution in [3.05, 3.63) is 64.7 Å². The van der Waals surface area contributed by atoms with Gasteiger partial charge in [0.2, 0.25) is 0 Å². The van der Waals surface area contributed by atoms with Crippen molar-refractivity contribution in [3.8, 4) is 0 Å². The van der Waals surface area contributed by atoms with Gasteiger partial charge in [0.05, 0.1) is 0 Å². The third-order valence-electron chi connectivity index (χ3n) is 1.41. The van der Waals surface area contributed by atoms with Gasteiger partial charge in [-0.2, -0.15) is 31.2 Å². The molecule has 0 aliphatic rings. The van der Waals surface area contributed by atoms with Crippen LogP contribution in [0.3, 0.4) is 0 Å². The fourth-order valence-electron chi connectivity index (χ4n) is 0.364. The van der Waals surface area contributed by atoms with E-state index in [1.165, 1.54) is 0 Å². The van der Waals surface area contributed by atoms with Gasteiger partial charge in [0.15, 0.2) is 0 Å². The quantitative estimate of drug-likeness (QED) is 0.485. The van der Waals surface area contributed by atoms with Crippen LogP contribution in [-0.2, 0) is 39.6 Å². The van der Waals surface area contributed by atoms with Gasteiger partial charge in [-0.15, -0.1) is 12.7 Å². The molecule has 0 rings (SSSR count). The summed E-state index contributed by atoms with van der Waals surface area (Å²) in [4.78, 5) is 0. The van der Waals surface area contributed by atoms with Crippen LogP contribution in [-0.4, -0.2) is 0 Å². The predicted octanol–water partition coefficient (Wildman–Crippen LogP) is 4.00. The Morgan fingerprint density at radius 1 is 1.20 bits per heavy atom. The van der Waals surface area contributed by atoms with E-state index in [2.05, 4.69) is 40.9 Å². The molecule has 0 unspecified atom stereocenters. The van der Waals surface area contributed by atoms with Crippen molar-refractivity contribution < 1.29 is 39.6 Å². The Balaban J connectivity index is -0.0000000718. The summed E-state index contributed by atoms with van der Waals surface area (Å²) in [5.41, 5.74) is 0.898. The molecule has 0 aromatic rings. The van der Waals surface area contributed by atoms with Gasteiger partial charge in [0.25, 0.3) is 0 Å². The van der Waals surface area contributed by atoms with E-state index in [1.54, 1.807) is 18.2 Å². The molecule has 0 aliphatic carbocycles. The van der Waals surface area contributed by atoms with E-state index in [4.69, 9.17) is 0 Å². The molecule has 0 saturated heterocycles. The maximum atomic E-state index is 3.75. The van der Waals surface area contributed by atoms with Crippen molar-refractivity contribution in [2.24, 2.45) is 5.92 Å². The fourth-order valence-corrected chi connectivity index (χ4v) is 0.364. The van der Waals surface area contributed by atoms with E-state index < -0.39 is 0 Å². The third kappa shape index (κ3) is 25.0. The van der Waals surface area contributed by atoms with E-state index in [9.17, 15) is 0 Å². The van der Waals surface area contributed by atoms with Gasteiger partial charge in [-0.25, -0.2) is 18.8 Å². The van der Waals surface area contributed by atoms with Gasteiger partial charge >= 0.3 is 0 Å². The van der Waals surface area contributed by atoms with E-state index in [0.29, 0.717) is 5.92 Å². The number of hydrogen-bond acceptors (Lipinski definition) is 0. The summed E-state index contributed by atoms with van der Waals surface area (Å²) in [6, 6.07) is 0. The molecule has 0 amide bonds. The van der Waals surface area contributed by atoms with Crippen LogP contribution in [0.25, 0.3) is 0 Å². The van der Waals surface area contributed by atoms with Gasteiger partial charge in [-0.1, -0.05) is 0 Å². The molecule has 15 heavy (non-hydrogen) atoms. The second kappa shape index (κ2) is 19.9. The number of allylic oxidation sites excluding steroid dienone is 4. The molecule has 0 atom stereocenters. The van der Waals surface area contributed by atoms with E-state index >= 15 is 0 Å². The van der Waals surface area contributed by atoms with Gasteiger partial charge in [-0.05, 0) is 0 Å². The average Bonchev–Trinajstić information content (AvgIpc) is 2.18. The average molecular weight is 411 g/mol. The zero-order valence-corrected chi connectivity index (χ0v) is 13.7. The van der Waals surface area contributed by atoms with Crippen LogP contribution in [0.15, 0.2) is 37.0 Å². The van der Waals surface area contributed by atoms with Crippen molar-refractivity contribution in [1.82, 2.24) is 0 Å². The Morgan fingerprint density at radius 3 is 1.67 bits per heavy atom. The monoisotopic (exact) mass is 411 g/mol. The summed E-state index contributed by atoms with van der Waals surface area (Å²) in [7, 11) is 0. The Morgan fingerprint density at radius 2 is 1.60 bits per heavy atom. The minimum Gasteiger partial charge on any atom is -0.346 e. The van der Waals surface area contributed by atoms with Crippen LogP contribution in [0.1, 0.15) is 12.8 Å². The van der Waals surface area contributed by atoms with Crippen LogP contribution in [0.2, 0.25) is 0 Å². The smallest absolute Gasteiger partial charge is 0 e. The van der Waals surface area contributed by atoms with Crippen LogP contribution < -0.4 is 0 Å². The fraction of sp³-hybridized carbons (Fsp3) is 0.231. The summed E-state index contributed by atoms with van der Waals surface area (Å²) in [5, 5.41) is 0. The van der Waals surface area contributed by atoms with Crippen LogP contribution in [0.4, 0.5) is 0 Å². The second-order valence-electron chi connectivity index (χ2n) is 2.62. The van der Waals surface area contributed by atoms with Crippen molar-refractivity contribution in [2.45, 2.75) is 12.8 Å². The molecule has 2 heteroatoms. The number of rotatable bonds is 4. The molecular weight excluding hydrogens is 391 g/mol. The Labute approximate surface area is 122 Å². The SMILES string of the molecule is C=C/C=C(/[CH2-])C=C.[CH2-]CC([CH2-])C[CH2-].[V].[W]. The molecule has 0 bridgehead atoms. The van der Waals surface area contributed by atoms with E-state index in [-0.39, 0.29) is 39.6 Å². The first-order chi connectivity index (χ1) is 6.12. The molecule has 0 fully saturated rings. The normalized spacial score (nSPS) is 8.93. The summed E-state index contributed by atoms with van der Waals surface area (Å²) in [6.45, 7) is 21.7. The predicted molar refractivity (Wildman–Crippen MR) is 62.6 cm³/mol. The summed E-state index contributed by atoms with van der Waals surface area (Å²) in [6.07, 6.45) is 6.98. The van der Waals surface area contributed by atoms with Crippen LogP contribution >= 0.6 is 0 Å². The van der Waals surface area contributed by atoms with Crippen molar-refractivity contribution >= 4 is 0 Å². The standard InChI is InChI=1S/C7H9.C6H11.V.W/c1-4-6-7(3)5-2;1-4-6(3)5-2;;/h4-6H,1-3H2;6H,1-5H2;;/q-1;-3;;/b7-6-;;;. The molecule has 0 aliphatic heterocycles. The molecule has 0 spiro atoms. The molecule has 0 nitrogen and oxygen atoms in total. The molecule has 1 radical (unpaired) electrons. The first-order valence-electron chi connectivity index (χ1n) is 4.31. The minimum atomic E-state index is 0. The molecule has 0 heterocycles. The summed E-state index contributed by atoms with van der Waals surface area (Å²) < 4.78 is 0. The van der Waals surface area contributed by atoms with Crippen LogP contribution in [0.5, 0.6) is 0 Å².